The highest BCUT2D eigenvalue weighted by atomic mass is 15.2. The SMILES string of the molecule is CCN(CC1CCCCN1)c1cccc(C)n1. The molecular formula is C14H23N3. The van der Waals surface area contributed by atoms with Gasteiger partial charge in [-0.05, 0) is 45.4 Å². The summed E-state index contributed by atoms with van der Waals surface area (Å²) in [4.78, 5) is 6.98. The molecule has 2 heterocycles. The minimum Gasteiger partial charge on any atom is -0.355 e. The van der Waals surface area contributed by atoms with Crippen LogP contribution in [-0.2, 0) is 0 Å². The lowest BCUT2D eigenvalue weighted by Crippen LogP contribution is -2.44. The van der Waals surface area contributed by atoms with Gasteiger partial charge in [-0.2, -0.15) is 0 Å². The second-order valence-corrected chi connectivity index (χ2v) is 4.82. The molecule has 3 nitrogen and oxygen atoms in total. The lowest BCUT2D eigenvalue weighted by atomic mass is 10.0. The van der Waals surface area contributed by atoms with Gasteiger partial charge in [0.15, 0.2) is 0 Å². The monoisotopic (exact) mass is 233 g/mol. The molecule has 3 heteroatoms. The minimum absolute atomic E-state index is 0.631. The molecule has 1 atom stereocenters. The Hall–Kier alpha value is -1.09. The Morgan fingerprint density at radius 2 is 2.29 bits per heavy atom. The molecule has 0 amide bonds. The van der Waals surface area contributed by atoms with Gasteiger partial charge in [-0.1, -0.05) is 12.5 Å². The molecule has 0 aliphatic carbocycles. The van der Waals surface area contributed by atoms with E-state index in [0.29, 0.717) is 6.04 Å². The van der Waals surface area contributed by atoms with Crippen molar-refractivity contribution in [3.8, 4) is 0 Å². The third-order valence-corrected chi connectivity index (χ3v) is 3.43. The average molecular weight is 233 g/mol. The van der Waals surface area contributed by atoms with Gasteiger partial charge in [-0.3, -0.25) is 0 Å². The predicted molar refractivity (Wildman–Crippen MR) is 72.5 cm³/mol. The average Bonchev–Trinajstić information content (AvgIpc) is 2.37. The number of hydrogen-bond acceptors (Lipinski definition) is 3. The summed E-state index contributed by atoms with van der Waals surface area (Å²) in [5, 5.41) is 3.60. The number of nitrogens with one attached hydrogen (secondary N) is 1. The Morgan fingerprint density at radius 3 is 2.94 bits per heavy atom. The van der Waals surface area contributed by atoms with Crippen LogP contribution in [0.5, 0.6) is 0 Å². The molecule has 1 N–H and O–H groups in total. The smallest absolute Gasteiger partial charge is 0.128 e. The maximum atomic E-state index is 4.61. The Balaban J connectivity index is 2.00. The van der Waals surface area contributed by atoms with Crippen molar-refractivity contribution in [2.75, 3.05) is 24.5 Å². The summed E-state index contributed by atoms with van der Waals surface area (Å²) in [6, 6.07) is 6.88. The van der Waals surface area contributed by atoms with Crippen LogP contribution in [0.1, 0.15) is 31.9 Å². The molecule has 1 aliphatic rings. The fourth-order valence-electron chi connectivity index (χ4n) is 2.44. The number of aryl methyl sites for hydroxylation is 1. The van der Waals surface area contributed by atoms with Crippen LogP contribution in [0.2, 0.25) is 0 Å². The molecule has 0 bridgehead atoms. The second kappa shape index (κ2) is 6.01. The van der Waals surface area contributed by atoms with Gasteiger partial charge < -0.3 is 10.2 Å². The van der Waals surface area contributed by atoms with Crippen LogP contribution >= 0.6 is 0 Å². The van der Waals surface area contributed by atoms with Crippen LogP contribution < -0.4 is 10.2 Å². The van der Waals surface area contributed by atoms with Crippen molar-refractivity contribution in [1.82, 2.24) is 10.3 Å². The fourth-order valence-corrected chi connectivity index (χ4v) is 2.44. The van der Waals surface area contributed by atoms with E-state index in [0.717, 1.165) is 24.6 Å². The maximum absolute atomic E-state index is 4.61. The van der Waals surface area contributed by atoms with Crippen LogP contribution in [-0.4, -0.2) is 30.7 Å². The van der Waals surface area contributed by atoms with Crippen molar-refractivity contribution in [3.63, 3.8) is 0 Å². The normalized spacial score (nSPS) is 20.2. The van der Waals surface area contributed by atoms with Gasteiger partial charge in [0.05, 0.1) is 0 Å². The highest BCUT2D eigenvalue weighted by Gasteiger charge is 2.16. The third kappa shape index (κ3) is 3.43. The molecule has 0 spiro atoms. The van der Waals surface area contributed by atoms with Crippen LogP contribution in [0.4, 0.5) is 5.82 Å². The number of piperidine rings is 1. The first kappa shape index (κ1) is 12.4. The topological polar surface area (TPSA) is 28.2 Å². The lowest BCUT2D eigenvalue weighted by Gasteiger charge is -2.30. The maximum Gasteiger partial charge on any atom is 0.128 e. The van der Waals surface area contributed by atoms with E-state index in [2.05, 4.69) is 47.2 Å². The van der Waals surface area contributed by atoms with Crippen molar-refractivity contribution in [3.05, 3.63) is 23.9 Å². The van der Waals surface area contributed by atoms with Gasteiger partial charge in [-0.25, -0.2) is 4.98 Å². The zero-order chi connectivity index (χ0) is 12.1. The number of likely N-dealkylation sites (N-methyl/N-ethyl adjacent to an activating group) is 1. The Morgan fingerprint density at radius 1 is 1.41 bits per heavy atom. The van der Waals surface area contributed by atoms with Gasteiger partial charge >= 0.3 is 0 Å². The van der Waals surface area contributed by atoms with Crippen LogP contribution in [0.3, 0.4) is 0 Å². The molecule has 1 saturated heterocycles. The zero-order valence-electron chi connectivity index (χ0n) is 10.9. The number of hydrogen-bond donors (Lipinski definition) is 1. The molecule has 1 aromatic rings. The minimum atomic E-state index is 0.631. The Kier molecular flexibility index (Phi) is 4.37. The molecule has 0 aromatic carbocycles. The van der Waals surface area contributed by atoms with Gasteiger partial charge in [-0.15, -0.1) is 0 Å². The van der Waals surface area contributed by atoms with Crippen LogP contribution in [0.15, 0.2) is 18.2 Å². The molecule has 0 saturated carbocycles. The Bertz CT molecular complexity index is 345. The standard InChI is InChI=1S/C14H23N3/c1-3-17(11-13-8-4-5-10-15-13)14-9-6-7-12(2)16-14/h6-7,9,13,15H,3-5,8,10-11H2,1-2H3. The summed E-state index contributed by atoms with van der Waals surface area (Å²) in [7, 11) is 0. The first-order chi connectivity index (χ1) is 8.29. The zero-order valence-corrected chi connectivity index (χ0v) is 10.9. The molecule has 1 aromatic heterocycles. The third-order valence-electron chi connectivity index (χ3n) is 3.43. The molecule has 2 rings (SSSR count). The molecular weight excluding hydrogens is 210 g/mol. The lowest BCUT2D eigenvalue weighted by molar-refractivity contribution is 0.399. The molecule has 1 unspecified atom stereocenters. The van der Waals surface area contributed by atoms with E-state index in [9.17, 15) is 0 Å². The summed E-state index contributed by atoms with van der Waals surface area (Å²) in [6.07, 6.45) is 3.98. The summed E-state index contributed by atoms with van der Waals surface area (Å²) in [6.45, 7) is 7.52. The Labute approximate surface area is 104 Å². The van der Waals surface area contributed by atoms with E-state index in [1.165, 1.54) is 25.8 Å². The molecule has 94 valence electrons. The predicted octanol–water partition coefficient (Wildman–Crippen LogP) is 2.36. The van der Waals surface area contributed by atoms with Crippen molar-refractivity contribution in [1.29, 1.82) is 0 Å². The molecule has 1 aliphatic heterocycles. The van der Waals surface area contributed by atoms with Crippen molar-refractivity contribution in [2.24, 2.45) is 0 Å². The van der Waals surface area contributed by atoms with Crippen molar-refractivity contribution in [2.45, 2.75) is 39.2 Å². The van der Waals surface area contributed by atoms with Crippen molar-refractivity contribution >= 4 is 5.82 Å². The summed E-state index contributed by atoms with van der Waals surface area (Å²) in [5.41, 5.74) is 1.09. The first-order valence-electron chi connectivity index (χ1n) is 6.71. The van der Waals surface area contributed by atoms with Crippen LogP contribution in [0.25, 0.3) is 0 Å². The van der Waals surface area contributed by atoms with Gasteiger partial charge in [0, 0.05) is 24.8 Å². The number of nitrogens with zero attached hydrogens (tertiary/aromatic N) is 2. The van der Waals surface area contributed by atoms with E-state index >= 15 is 0 Å². The number of anilines is 1. The van der Waals surface area contributed by atoms with E-state index in [-0.39, 0.29) is 0 Å². The number of aromatic nitrogens is 1. The van der Waals surface area contributed by atoms with E-state index < -0.39 is 0 Å². The summed E-state index contributed by atoms with van der Waals surface area (Å²) in [5.74, 6) is 1.11. The van der Waals surface area contributed by atoms with E-state index in [1.807, 2.05) is 0 Å². The van der Waals surface area contributed by atoms with Gasteiger partial charge in [0.2, 0.25) is 0 Å². The summed E-state index contributed by atoms with van der Waals surface area (Å²) < 4.78 is 0. The fraction of sp³-hybridized carbons (Fsp3) is 0.643. The molecule has 0 radical (unpaired) electrons. The largest absolute Gasteiger partial charge is 0.355 e. The van der Waals surface area contributed by atoms with E-state index in [1.54, 1.807) is 0 Å². The summed E-state index contributed by atoms with van der Waals surface area (Å²) >= 11 is 0. The number of rotatable bonds is 4. The second-order valence-electron chi connectivity index (χ2n) is 4.82. The first-order valence-corrected chi connectivity index (χ1v) is 6.71. The quantitative estimate of drug-likeness (QED) is 0.865. The van der Waals surface area contributed by atoms with E-state index in [4.69, 9.17) is 0 Å². The van der Waals surface area contributed by atoms with Gasteiger partial charge in [0.1, 0.15) is 5.82 Å². The molecule has 1 fully saturated rings. The number of pyridine rings is 1. The van der Waals surface area contributed by atoms with Crippen molar-refractivity contribution < 1.29 is 0 Å². The van der Waals surface area contributed by atoms with Gasteiger partial charge in [0.25, 0.3) is 0 Å². The molecule has 17 heavy (non-hydrogen) atoms. The highest BCUT2D eigenvalue weighted by Crippen LogP contribution is 2.14. The van der Waals surface area contributed by atoms with Crippen LogP contribution in [0, 0.1) is 6.92 Å². The highest BCUT2D eigenvalue weighted by molar-refractivity contribution is 5.39.